The molecule has 0 bridgehead atoms. The van der Waals surface area contributed by atoms with Gasteiger partial charge in [-0.05, 0) is 47.8 Å². The SMILES string of the molecule is CN1CCN(CNC(=O)c2ccc3ccc(Cc4ccc(C(=O)O)cc4)c(O)c3c2)CC1. The van der Waals surface area contributed by atoms with E-state index in [1.54, 1.807) is 36.4 Å². The van der Waals surface area contributed by atoms with E-state index < -0.39 is 5.97 Å². The maximum atomic E-state index is 12.7. The Labute approximate surface area is 186 Å². The number of fused-ring (bicyclic) bond motifs is 1. The Morgan fingerprint density at radius 3 is 2.28 bits per heavy atom. The molecule has 0 saturated carbocycles. The first kappa shape index (κ1) is 21.8. The summed E-state index contributed by atoms with van der Waals surface area (Å²) in [5.41, 5.74) is 2.34. The fourth-order valence-electron chi connectivity index (χ4n) is 3.91. The van der Waals surface area contributed by atoms with Gasteiger partial charge in [-0.1, -0.05) is 30.3 Å². The normalized spacial score (nSPS) is 15.0. The van der Waals surface area contributed by atoms with Crippen LogP contribution >= 0.6 is 0 Å². The molecule has 166 valence electrons. The Bertz CT molecular complexity index is 1140. The minimum Gasteiger partial charge on any atom is -0.507 e. The standard InChI is InChI=1S/C25H27N3O4/c1-27-10-12-28(13-11-27)16-26-24(30)21-9-7-18-6-8-20(23(29)22(18)15-21)14-17-2-4-19(5-3-17)25(31)32/h2-9,15,29H,10-14,16H2,1H3,(H,26,30)(H,31,32). The number of aromatic hydroxyl groups is 1. The number of piperazine rings is 1. The summed E-state index contributed by atoms with van der Waals surface area (Å²) in [5.74, 6) is -0.998. The predicted molar refractivity (Wildman–Crippen MR) is 123 cm³/mol. The number of nitrogens with zero attached hydrogens (tertiary/aromatic N) is 2. The molecule has 4 rings (SSSR count). The topological polar surface area (TPSA) is 93.1 Å². The third-order valence-corrected chi connectivity index (χ3v) is 5.99. The van der Waals surface area contributed by atoms with E-state index in [-0.39, 0.29) is 17.2 Å². The first-order chi connectivity index (χ1) is 15.4. The number of aromatic carboxylic acids is 1. The molecule has 1 aliphatic rings. The van der Waals surface area contributed by atoms with Crippen LogP contribution in [-0.2, 0) is 6.42 Å². The molecule has 0 aromatic heterocycles. The van der Waals surface area contributed by atoms with E-state index in [2.05, 4.69) is 22.2 Å². The van der Waals surface area contributed by atoms with Crippen LogP contribution in [0.25, 0.3) is 10.8 Å². The molecule has 1 saturated heterocycles. The number of carbonyl (C=O) groups is 2. The molecule has 3 aromatic carbocycles. The minimum atomic E-state index is -0.969. The van der Waals surface area contributed by atoms with Gasteiger partial charge < -0.3 is 20.4 Å². The van der Waals surface area contributed by atoms with Gasteiger partial charge in [0, 0.05) is 43.5 Å². The van der Waals surface area contributed by atoms with Crippen molar-refractivity contribution in [2.24, 2.45) is 0 Å². The fourth-order valence-corrected chi connectivity index (χ4v) is 3.91. The molecule has 0 aliphatic carbocycles. The first-order valence-corrected chi connectivity index (χ1v) is 10.7. The van der Waals surface area contributed by atoms with Crippen LogP contribution in [0.2, 0.25) is 0 Å². The van der Waals surface area contributed by atoms with Crippen LogP contribution in [0.1, 0.15) is 31.8 Å². The van der Waals surface area contributed by atoms with Gasteiger partial charge in [0.1, 0.15) is 5.75 Å². The molecule has 1 aliphatic heterocycles. The third kappa shape index (κ3) is 4.90. The summed E-state index contributed by atoms with van der Waals surface area (Å²) < 4.78 is 0. The molecule has 7 nitrogen and oxygen atoms in total. The third-order valence-electron chi connectivity index (χ3n) is 5.99. The molecule has 0 spiro atoms. The molecular weight excluding hydrogens is 406 g/mol. The average molecular weight is 434 g/mol. The summed E-state index contributed by atoms with van der Waals surface area (Å²) in [6.45, 7) is 4.32. The summed E-state index contributed by atoms with van der Waals surface area (Å²) in [6.07, 6.45) is 0.460. The van der Waals surface area contributed by atoms with E-state index in [1.807, 2.05) is 18.2 Å². The van der Waals surface area contributed by atoms with Gasteiger partial charge in [-0.2, -0.15) is 0 Å². The van der Waals surface area contributed by atoms with Gasteiger partial charge in [0.2, 0.25) is 0 Å². The Hall–Kier alpha value is -3.42. The van der Waals surface area contributed by atoms with Gasteiger partial charge in [0.15, 0.2) is 0 Å². The lowest BCUT2D eigenvalue weighted by atomic mass is 9.98. The highest BCUT2D eigenvalue weighted by molar-refractivity contribution is 6.00. The van der Waals surface area contributed by atoms with Crippen molar-refractivity contribution in [3.63, 3.8) is 0 Å². The highest BCUT2D eigenvalue weighted by Crippen LogP contribution is 2.31. The lowest BCUT2D eigenvalue weighted by Crippen LogP contribution is -2.48. The quantitative estimate of drug-likeness (QED) is 0.554. The summed E-state index contributed by atoms with van der Waals surface area (Å²) in [4.78, 5) is 28.2. The molecule has 32 heavy (non-hydrogen) atoms. The van der Waals surface area contributed by atoms with Gasteiger partial charge in [0.05, 0.1) is 12.2 Å². The summed E-state index contributed by atoms with van der Waals surface area (Å²) in [6, 6.07) is 15.7. The number of carboxylic acids is 1. The second-order valence-electron chi connectivity index (χ2n) is 8.27. The van der Waals surface area contributed by atoms with Crippen LogP contribution in [0.5, 0.6) is 5.75 Å². The maximum absolute atomic E-state index is 12.7. The molecule has 3 aromatic rings. The Balaban J connectivity index is 1.49. The van der Waals surface area contributed by atoms with Crippen molar-refractivity contribution in [1.82, 2.24) is 15.1 Å². The fraction of sp³-hybridized carbons (Fsp3) is 0.280. The van der Waals surface area contributed by atoms with E-state index in [1.165, 1.54) is 0 Å². The van der Waals surface area contributed by atoms with Crippen LogP contribution in [0.3, 0.4) is 0 Å². The molecule has 3 N–H and O–H groups in total. The van der Waals surface area contributed by atoms with E-state index in [4.69, 9.17) is 5.11 Å². The zero-order chi connectivity index (χ0) is 22.7. The Kier molecular flexibility index (Phi) is 6.39. The smallest absolute Gasteiger partial charge is 0.335 e. The van der Waals surface area contributed by atoms with Crippen molar-refractivity contribution < 1.29 is 19.8 Å². The van der Waals surface area contributed by atoms with Crippen LogP contribution in [0, 0.1) is 0 Å². The van der Waals surface area contributed by atoms with Crippen LogP contribution < -0.4 is 5.32 Å². The van der Waals surface area contributed by atoms with Crippen LogP contribution in [-0.4, -0.2) is 71.8 Å². The van der Waals surface area contributed by atoms with Crippen molar-refractivity contribution in [2.75, 3.05) is 39.9 Å². The number of rotatable bonds is 6. The number of phenolic OH excluding ortho intramolecular Hbond substituents is 1. The number of phenols is 1. The van der Waals surface area contributed by atoms with E-state index in [0.29, 0.717) is 24.0 Å². The molecule has 7 heteroatoms. The summed E-state index contributed by atoms with van der Waals surface area (Å²) in [5, 5.41) is 24.4. The van der Waals surface area contributed by atoms with Gasteiger partial charge in [-0.25, -0.2) is 4.79 Å². The second-order valence-corrected chi connectivity index (χ2v) is 8.27. The van der Waals surface area contributed by atoms with Crippen molar-refractivity contribution in [2.45, 2.75) is 6.42 Å². The van der Waals surface area contributed by atoms with Gasteiger partial charge in [-0.3, -0.25) is 9.69 Å². The van der Waals surface area contributed by atoms with Crippen molar-refractivity contribution in [3.05, 3.63) is 76.9 Å². The first-order valence-electron chi connectivity index (χ1n) is 10.7. The molecule has 0 radical (unpaired) electrons. The molecular formula is C25H27N3O4. The number of benzene rings is 3. The van der Waals surface area contributed by atoms with Crippen molar-refractivity contribution in [1.29, 1.82) is 0 Å². The highest BCUT2D eigenvalue weighted by Gasteiger charge is 2.16. The Morgan fingerprint density at radius 1 is 0.938 bits per heavy atom. The number of carbonyl (C=O) groups excluding carboxylic acids is 1. The van der Waals surface area contributed by atoms with Gasteiger partial charge in [0.25, 0.3) is 5.91 Å². The molecule has 0 atom stereocenters. The van der Waals surface area contributed by atoms with Crippen molar-refractivity contribution >= 4 is 22.6 Å². The molecule has 1 fully saturated rings. The average Bonchev–Trinajstić information content (AvgIpc) is 2.80. The van der Waals surface area contributed by atoms with E-state index in [0.717, 1.165) is 42.7 Å². The largest absolute Gasteiger partial charge is 0.507 e. The number of hydrogen-bond acceptors (Lipinski definition) is 5. The van der Waals surface area contributed by atoms with Crippen LogP contribution in [0.4, 0.5) is 0 Å². The Morgan fingerprint density at radius 2 is 1.59 bits per heavy atom. The number of hydrogen-bond donors (Lipinski definition) is 3. The molecule has 1 amide bonds. The van der Waals surface area contributed by atoms with E-state index >= 15 is 0 Å². The minimum absolute atomic E-state index is 0.138. The molecule has 0 unspecified atom stereocenters. The van der Waals surface area contributed by atoms with Crippen LogP contribution in [0.15, 0.2) is 54.6 Å². The molecule has 1 heterocycles. The number of carboxylic acid groups (broad SMARTS) is 1. The number of nitrogens with one attached hydrogen (secondary N) is 1. The zero-order valence-electron chi connectivity index (χ0n) is 18.0. The monoisotopic (exact) mass is 433 g/mol. The summed E-state index contributed by atoms with van der Waals surface area (Å²) >= 11 is 0. The van der Waals surface area contributed by atoms with Gasteiger partial charge in [-0.15, -0.1) is 0 Å². The second kappa shape index (κ2) is 9.38. The van der Waals surface area contributed by atoms with Crippen molar-refractivity contribution in [3.8, 4) is 5.75 Å². The highest BCUT2D eigenvalue weighted by atomic mass is 16.4. The number of likely N-dealkylation sites (N-methyl/N-ethyl adjacent to an activating group) is 1. The maximum Gasteiger partial charge on any atom is 0.335 e. The van der Waals surface area contributed by atoms with Gasteiger partial charge >= 0.3 is 5.97 Å². The predicted octanol–water partition coefficient (Wildman–Crippen LogP) is 2.77. The lowest BCUT2D eigenvalue weighted by molar-refractivity contribution is 0.0696. The lowest BCUT2D eigenvalue weighted by Gasteiger charge is -2.32. The number of amides is 1. The zero-order valence-corrected chi connectivity index (χ0v) is 18.0. The van der Waals surface area contributed by atoms with E-state index in [9.17, 15) is 14.7 Å². The summed E-state index contributed by atoms with van der Waals surface area (Å²) in [7, 11) is 2.09.